The van der Waals surface area contributed by atoms with E-state index in [2.05, 4.69) is 5.32 Å². The number of hydrogen-bond acceptors (Lipinski definition) is 5. The van der Waals surface area contributed by atoms with Crippen molar-refractivity contribution in [3.8, 4) is 5.75 Å². The number of ketones is 1. The summed E-state index contributed by atoms with van der Waals surface area (Å²) in [7, 11) is 0. The van der Waals surface area contributed by atoms with E-state index in [1.54, 1.807) is 31.2 Å². The first-order chi connectivity index (χ1) is 11.7. The van der Waals surface area contributed by atoms with Gasteiger partial charge in [-0.3, -0.25) is 14.9 Å². The van der Waals surface area contributed by atoms with E-state index in [0.717, 1.165) is 5.56 Å². The van der Waals surface area contributed by atoms with Crippen molar-refractivity contribution in [1.29, 1.82) is 0 Å². The van der Waals surface area contributed by atoms with Crippen molar-refractivity contribution in [2.45, 2.75) is 13.5 Å². The summed E-state index contributed by atoms with van der Waals surface area (Å²) in [5.74, 6) is 0.249. The summed E-state index contributed by atoms with van der Waals surface area (Å²) in [6, 6.07) is 16.8. The van der Waals surface area contributed by atoms with Gasteiger partial charge in [0, 0.05) is 5.56 Å². The molecule has 0 saturated heterocycles. The van der Waals surface area contributed by atoms with Crippen LogP contribution >= 0.6 is 12.4 Å². The minimum Gasteiger partial charge on any atom is -0.489 e. The average molecular weight is 364 g/mol. The van der Waals surface area contributed by atoms with E-state index in [4.69, 9.17) is 9.47 Å². The summed E-state index contributed by atoms with van der Waals surface area (Å²) < 4.78 is 10.5. The zero-order valence-corrected chi connectivity index (χ0v) is 14.9. The van der Waals surface area contributed by atoms with Crippen molar-refractivity contribution >= 4 is 24.2 Å². The molecule has 0 bridgehead atoms. The number of nitrogens with one attached hydrogen (secondary N) is 1. The van der Waals surface area contributed by atoms with Crippen LogP contribution in [-0.2, 0) is 16.1 Å². The second-order valence-electron chi connectivity index (χ2n) is 5.13. The van der Waals surface area contributed by atoms with Crippen LogP contribution in [0.25, 0.3) is 0 Å². The number of esters is 1. The summed E-state index contributed by atoms with van der Waals surface area (Å²) in [6.07, 6.45) is 0. The molecule has 0 saturated carbocycles. The maximum atomic E-state index is 12.0. The van der Waals surface area contributed by atoms with Gasteiger partial charge in [0.25, 0.3) is 0 Å². The molecule has 5 nitrogen and oxygen atoms in total. The highest BCUT2D eigenvalue weighted by molar-refractivity contribution is 5.97. The van der Waals surface area contributed by atoms with Gasteiger partial charge >= 0.3 is 5.97 Å². The van der Waals surface area contributed by atoms with Crippen LogP contribution in [0.15, 0.2) is 54.6 Å². The van der Waals surface area contributed by atoms with Crippen LogP contribution in [0.4, 0.5) is 0 Å². The largest absolute Gasteiger partial charge is 0.489 e. The first-order valence-electron chi connectivity index (χ1n) is 7.85. The molecule has 2 aromatic carbocycles. The summed E-state index contributed by atoms with van der Waals surface area (Å²) in [4.78, 5) is 23.2. The number of carbonyl (C=O) groups is 2. The lowest BCUT2D eigenvalue weighted by Crippen LogP contribution is -2.29. The zero-order chi connectivity index (χ0) is 17.2. The highest BCUT2D eigenvalue weighted by atomic mass is 35.5. The normalized spacial score (nSPS) is 9.80. The number of hydrogen-bond donors (Lipinski definition) is 1. The Labute approximate surface area is 153 Å². The maximum Gasteiger partial charge on any atom is 0.319 e. The van der Waals surface area contributed by atoms with Gasteiger partial charge in [-0.25, -0.2) is 0 Å². The average Bonchev–Trinajstić information content (AvgIpc) is 2.61. The molecular weight excluding hydrogens is 342 g/mol. The van der Waals surface area contributed by atoms with Gasteiger partial charge in [-0.2, -0.15) is 0 Å². The van der Waals surface area contributed by atoms with E-state index in [1.807, 2.05) is 30.3 Å². The molecule has 2 rings (SSSR count). The number of halogens is 1. The lowest BCUT2D eigenvalue weighted by molar-refractivity contribution is -0.141. The topological polar surface area (TPSA) is 64.6 Å². The molecule has 0 radical (unpaired) electrons. The molecule has 25 heavy (non-hydrogen) atoms. The van der Waals surface area contributed by atoms with Gasteiger partial charge in [0.15, 0.2) is 5.78 Å². The van der Waals surface area contributed by atoms with Crippen molar-refractivity contribution in [3.63, 3.8) is 0 Å². The van der Waals surface area contributed by atoms with E-state index < -0.39 is 0 Å². The molecule has 0 aromatic heterocycles. The summed E-state index contributed by atoms with van der Waals surface area (Å²) in [5, 5.41) is 2.77. The standard InChI is InChI=1S/C19H21NO4.ClH/c1-2-23-19(22)13-20-12-18(21)16-8-10-17(11-9-16)24-14-15-6-4-3-5-7-15;/h3-11,20H,2,12-14H2,1H3;1H. The molecule has 0 aliphatic carbocycles. The van der Waals surface area contributed by atoms with Crippen LogP contribution in [0.5, 0.6) is 5.75 Å². The number of benzene rings is 2. The number of ether oxygens (including phenoxy) is 2. The predicted octanol–water partition coefficient (Wildman–Crippen LogP) is 3.02. The lowest BCUT2D eigenvalue weighted by atomic mass is 10.1. The van der Waals surface area contributed by atoms with E-state index in [-0.39, 0.29) is 37.2 Å². The fraction of sp³-hybridized carbons (Fsp3) is 0.263. The van der Waals surface area contributed by atoms with Gasteiger partial charge in [-0.15, -0.1) is 12.4 Å². The Kier molecular flexibility index (Phi) is 9.29. The highest BCUT2D eigenvalue weighted by Gasteiger charge is 2.07. The van der Waals surface area contributed by atoms with Crippen LogP contribution in [0, 0.1) is 0 Å². The van der Waals surface area contributed by atoms with Crippen LogP contribution in [0.1, 0.15) is 22.8 Å². The van der Waals surface area contributed by atoms with E-state index in [1.165, 1.54) is 0 Å². The Hall–Kier alpha value is -2.37. The minimum atomic E-state index is -0.366. The third-order valence-corrected chi connectivity index (χ3v) is 3.28. The molecule has 0 aliphatic heterocycles. The Morgan fingerprint density at radius 3 is 2.28 bits per heavy atom. The number of rotatable bonds is 9. The van der Waals surface area contributed by atoms with Crippen molar-refractivity contribution in [2.24, 2.45) is 0 Å². The molecule has 134 valence electrons. The van der Waals surface area contributed by atoms with E-state index in [0.29, 0.717) is 24.5 Å². The lowest BCUT2D eigenvalue weighted by Gasteiger charge is -2.07. The second-order valence-corrected chi connectivity index (χ2v) is 5.13. The van der Waals surface area contributed by atoms with Crippen molar-refractivity contribution in [3.05, 3.63) is 65.7 Å². The SMILES string of the molecule is CCOC(=O)CNCC(=O)c1ccc(OCc2ccccc2)cc1.Cl. The summed E-state index contributed by atoms with van der Waals surface area (Å²) in [5.41, 5.74) is 1.65. The molecular formula is C19H22ClNO4. The molecule has 0 heterocycles. The van der Waals surface area contributed by atoms with Crippen molar-refractivity contribution in [1.82, 2.24) is 5.32 Å². The third kappa shape index (κ3) is 7.37. The van der Waals surface area contributed by atoms with Crippen LogP contribution in [0.3, 0.4) is 0 Å². The first kappa shape index (κ1) is 20.7. The van der Waals surface area contributed by atoms with E-state index >= 15 is 0 Å². The van der Waals surface area contributed by atoms with Gasteiger partial charge in [0.2, 0.25) is 0 Å². The van der Waals surface area contributed by atoms with Crippen molar-refractivity contribution in [2.75, 3.05) is 19.7 Å². The Morgan fingerprint density at radius 1 is 0.960 bits per heavy atom. The molecule has 0 amide bonds. The third-order valence-electron chi connectivity index (χ3n) is 3.28. The van der Waals surface area contributed by atoms with Gasteiger partial charge in [0.05, 0.1) is 19.7 Å². The quantitative estimate of drug-likeness (QED) is 0.548. The zero-order valence-electron chi connectivity index (χ0n) is 14.1. The fourth-order valence-corrected chi connectivity index (χ4v) is 2.07. The molecule has 0 fully saturated rings. The van der Waals surface area contributed by atoms with Gasteiger partial charge < -0.3 is 9.47 Å². The molecule has 0 atom stereocenters. The smallest absolute Gasteiger partial charge is 0.319 e. The van der Waals surface area contributed by atoms with Crippen LogP contribution in [-0.4, -0.2) is 31.4 Å². The van der Waals surface area contributed by atoms with Crippen LogP contribution in [0.2, 0.25) is 0 Å². The maximum absolute atomic E-state index is 12.0. The van der Waals surface area contributed by atoms with Gasteiger partial charge in [-0.05, 0) is 36.8 Å². The Balaban J connectivity index is 0.00000312. The molecule has 2 aromatic rings. The number of Topliss-reactive ketones (excluding diaryl/α,β-unsaturated/α-hetero) is 1. The second kappa shape index (κ2) is 11.2. The molecule has 0 aliphatic rings. The Bertz CT molecular complexity index is 659. The summed E-state index contributed by atoms with van der Waals surface area (Å²) in [6.45, 7) is 2.67. The molecule has 0 unspecified atom stereocenters. The van der Waals surface area contributed by atoms with Gasteiger partial charge in [-0.1, -0.05) is 30.3 Å². The van der Waals surface area contributed by atoms with Crippen molar-refractivity contribution < 1.29 is 19.1 Å². The monoisotopic (exact) mass is 363 g/mol. The highest BCUT2D eigenvalue weighted by Crippen LogP contribution is 2.14. The summed E-state index contributed by atoms with van der Waals surface area (Å²) >= 11 is 0. The fourth-order valence-electron chi connectivity index (χ4n) is 2.07. The van der Waals surface area contributed by atoms with Crippen LogP contribution < -0.4 is 10.1 Å². The minimum absolute atomic E-state index is 0. The first-order valence-corrected chi connectivity index (χ1v) is 7.85. The molecule has 1 N–H and O–H groups in total. The molecule has 6 heteroatoms. The van der Waals surface area contributed by atoms with Gasteiger partial charge in [0.1, 0.15) is 12.4 Å². The molecule has 0 spiro atoms. The Morgan fingerprint density at radius 2 is 1.64 bits per heavy atom. The predicted molar refractivity (Wildman–Crippen MR) is 98.3 cm³/mol. The number of carbonyl (C=O) groups excluding carboxylic acids is 2. The van der Waals surface area contributed by atoms with E-state index in [9.17, 15) is 9.59 Å².